The summed E-state index contributed by atoms with van der Waals surface area (Å²) >= 11 is 0. The van der Waals surface area contributed by atoms with Crippen LogP contribution in [0.25, 0.3) is 0 Å². The Morgan fingerprint density at radius 3 is 2.65 bits per heavy atom. The summed E-state index contributed by atoms with van der Waals surface area (Å²) in [5.41, 5.74) is 1.02. The minimum Gasteiger partial charge on any atom is -0.504 e. The van der Waals surface area contributed by atoms with Gasteiger partial charge in [-0.25, -0.2) is 4.79 Å². The van der Waals surface area contributed by atoms with Crippen molar-refractivity contribution in [2.45, 2.75) is 6.92 Å². The van der Waals surface area contributed by atoms with Crippen molar-refractivity contribution in [3.63, 3.8) is 0 Å². The van der Waals surface area contributed by atoms with Crippen LogP contribution in [0, 0.1) is 6.92 Å². The molecule has 1 aromatic heterocycles. The van der Waals surface area contributed by atoms with Crippen molar-refractivity contribution in [1.29, 1.82) is 0 Å². The minimum atomic E-state index is -0.672. The lowest BCUT2D eigenvalue weighted by Gasteiger charge is -2.11. The number of benzene rings is 1. The average molecular weight is 316 g/mol. The van der Waals surface area contributed by atoms with Crippen molar-refractivity contribution in [2.75, 3.05) is 14.2 Å². The molecule has 7 nitrogen and oxygen atoms in total. The van der Waals surface area contributed by atoms with Gasteiger partial charge in [-0.15, -0.1) is 0 Å². The number of methoxy groups -OCH3 is 2. The summed E-state index contributed by atoms with van der Waals surface area (Å²) < 4.78 is 20.6. The van der Waals surface area contributed by atoms with Gasteiger partial charge in [0.1, 0.15) is 12.1 Å². The third-order valence-electron chi connectivity index (χ3n) is 2.68. The molecule has 0 aliphatic rings. The molecule has 0 radical (unpaired) electrons. The van der Waals surface area contributed by atoms with Crippen molar-refractivity contribution in [1.82, 2.24) is 9.97 Å². The normalized spacial score (nSPS) is 10.4. The van der Waals surface area contributed by atoms with Gasteiger partial charge in [0.15, 0.2) is 0 Å². The van der Waals surface area contributed by atoms with E-state index in [0.29, 0.717) is 5.75 Å². The summed E-state index contributed by atoms with van der Waals surface area (Å²) in [6.45, 7) is 1.93. The van der Waals surface area contributed by atoms with Crippen LogP contribution < -0.4 is 14.2 Å². The lowest BCUT2D eigenvalue weighted by Crippen LogP contribution is -2.08. The van der Waals surface area contributed by atoms with E-state index in [2.05, 4.69) is 14.7 Å². The number of hydrogen-bond acceptors (Lipinski definition) is 7. The lowest BCUT2D eigenvalue weighted by molar-refractivity contribution is -0.129. The number of nitrogens with zero attached hydrogens (tertiary/aromatic N) is 2. The Kier molecular flexibility index (Phi) is 5.51. The molecule has 0 amide bonds. The molecule has 23 heavy (non-hydrogen) atoms. The highest BCUT2D eigenvalue weighted by Gasteiger charge is 2.19. The number of rotatable bonds is 6. The molecule has 0 saturated carbocycles. The Hall–Kier alpha value is -3.09. The zero-order valence-electron chi connectivity index (χ0n) is 13.0. The fraction of sp³-hybridized carbons (Fsp3) is 0.188. The maximum atomic E-state index is 11.7. The summed E-state index contributed by atoms with van der Waals surface area (Å²) in [5, 5.41) is 0. The number of aryl methyl sites for hydroxylation is 1. The first-order chi connectivity index (χ1) is 11.1. The fourth-order valence-corrected chi connectivity index (χ4v) is 1.70. The molecule has 1 aromatic carbocycles. The van der Waals surface area contributed by atoms with Crippen LogP contribution in [0.2, 0.25) is 0 Å². The SMILES string of the molecule is COC=CC(=O)Oc1c(OC)ncnc1Oc1cccc(C)c1. The summed E-state index contributed by atoms with van der Waals surface area (Å²) in [4.78, 5) is 19.6. The zero-order chi connectivity index (χ0) is 16.7. The van der Waals surface area contributed by atoms with Gasteiger partial charge in [-0.1, -0.05) is 12.1 Å². The van der Waals surface area contributed by atoms with Gasteiger partial charge in [0.05, 0.1) is 26.6 Å². The van der Waals surface area contributed by atoms with E-state index in [1.165, 1.54) is 26.8 Å². The summed E-state index contributed by atoms with van der Waals surface area (Å²) in [5.74, 6) is 0.0234. The molecule has 0 aliphatic carbocycles. The quantitative estimate of drug-likeness (QED) is 0.460. The third-order valence-corrected chi connectivity index (χ3v) is 2.68. The van der Waals surface area contributed by atoms with Crippen LogP contribution in [0.15, 0.2) is 42.9 Å². The van der Waals surface area contributed by atoms with Crippen LogP contribution in [0.3, 0.4) is 0 Å². The maximum Gasteiger partial charge on any atom is 0.339 e. The molecule has 2 aromatic rings. The molecule has 7 heteroatoms. The van der Waals surface area contributed by atoms with Gasteiger partial charge in [-0.2, -0.15) is 9.97 Å². The van der Waals surface area contributed by atoms with Crippen molar-refractivity contribution in [2.24, 2.45) is 0 Å². The Morgan fingerprint density at radius 2 is 1.96 bits per heavy atom. The van der Waals surface area contributed by atoms with E-state index in [1.807, 2.05) is 25.1 Å². The standard InChI is InChI=1S/C16H16N2O5/c1-11-5-4-6-12(9-11)22-16-14(15(21-3)17-10-18-16)23-13(19)7-8-20-2/h4-10H,1-3H3. The van der Waals surface area contributed by atoms with Crippen LogP contribution in [-0.4, -0.2) is 30.2 Å². The number of ether oxygens (including phenoxy) is 4. The monoisotopic (exact) mass is 316 g/mol. The second-order valence-electron chi connectivity index (χ2n) is 4.40. The molecule has 120 valence electrons. The summed E-state index contributed by atoms with van der Waals surface area (Å²) in [6.07, 6.45) is 3.56. The van der Waals surface area contributed by atoms with E-state index in [1.54, 1.807) is 6.07 Å². The molecule has 0 bridgehead atoms. The molecule has 2 rings (SSSR count). The van der Waals surface area contributed by atoms with E-state index in [0.717, 1.165) is 11.6 Å². The summed E-state index contributed by atoms with van der Waals surface area (Å²) in [7, 11) is 2.82. The fourth-order valence-electron chi connectivity index (χ4n) is 1.70. The smallest absolute Gasteiger partial charge is 0.339 e. The maximum absolute atomic E-state index is 11.7. The van der Waals surface area contributed by atoms with Gasteiger partial charge in [0.2, 0.25) is 0 Å². The second kappa shape index (κ2) is 7.79. The molecule has 0 spiro atoms. The van der Waals surface area contributed by atoms with Crippen molar-refractivity contribution >= 4 is 5.97 Å². The van der Waals surface area contributed by atoms with Crippen molar-refractivity contribution in [3.05, 3.63) is 48.5 Å². The Balaban J connectivity index is 2.31. The van der Waals surface area contributed by atoms with Gasteiger partial charge in [0, 0.05) is 0 Å². The number of carbonyl (C=O) groups is 1. The largest absolute Gasteiger partial charge is 0.504 e. The Bertz CT molecular complexity index is 715. The van der Waals surface area contributed by atoms with Crippen molar-refractivity contribution in [3.8, 4) is 23.3 Å². The van der Waals surface area contributed by atoms with Gasteiger partial charge in [-0.05, 0) is 24.6 Å². The van der Waals surface area contributed by atoms with E-state index in [-0.39, 0.29) is 17.5 Å². The van der Waals surface area contributed by atoms with E-state index in [4.69, 9.17) is 14.2 Å². The van der Waals surface area contributed by atoms with E-state index in [9.17, 15) is 4.79 Å². The van der Waals surface area contributed by atoms with Crippen LogP contribution >= 0.6 is 0 Å². The van der Waals surface area contributed by atoms with E-state index < -0.39 is 5.97 Å². The van der Waals surface area contributed by atoms with Gasteiger partial charge >= 0.3 is 5.97 Å². The second-order valence-corrected chi connectivity index (χ2v) is 4.40. The molecular weight excluding hydrogens is 300 g/mol. The molecule has 0 N–H and O–H groups in total. The Morgan fingerprint density at radius 1 is 1.17 bits per heavy atom. The van der Waals surface area contributed by atoms with Gasteiger partial charge < -0.3 is 18.9 Å². The third kappa shape index (κ3) is 4.44. The first kappa shape index (κ1) is 16.3. The average Bonchev–Trinajstić information content (AvgIpc) is 2.54. The number of carbonyl (C=O) groups excluding carboxylic acids is 1. The van der Waals surface area contributed by atoms with Crippen LogP contribution in [-0.2, 0) is 9.53 Å². The number of esters is 1. The van der Waals surface area contributed by atoms with Crippen LogP contribution in [0.1, 0.15) is 5.56 Å². The first-order valence-corrected chi connectivity index (χ1v) is 6.68. The molecular formula is C16H16N2O5. The van der Waals surface area contributed by atoms with Gasteiger partial charge in [-0.3, -0.25) is 0 Å². The predicted octanol–water partition coefficient (Wildman–Crippen LogP) is 2.65. The van der Waals surface area contributed by atoms with Crippen LogP contribution in [0.5, 0.6) is 23.3 Å². The number of hydrogen-bond donors (Lipinski definition) is 0. The first-order valence-electron chi connectivity index (χ1n) is 6.68. The predicted molar refractivity (Wildman–Crippen MR) is 81.6 cm³/mol. The Labute approximate surface area is 133 Å². The molecule has 0 unspecified atom stereocenters. The lowest BCUT2D eigenvalue weighted by atomic mass is 10.2. The highest BCUT2D eigenvalue weighted by Crippen LogP contribution is 2.36. The molecule has 0 atom stereocenters. The topological polar surface area (TPSA) is 79.8 Å². The molecule has 0 saturated heterocycles. The molecule has 1 heterocycles. The van der Waals surface area contributed by atoms with Gasteiger partial charge in [0.25, 0.3) is 17.5 Å². The minimum absolute atomic E-state index is 0.0118. The van der Waals surface area contributed by atoms with E-state index >= 15 is 0 Å². The number of aromatic nitrogens is 2. The highest BCUT2D eigenvalue weighted by molar-refractivity contribution is 5.84. The molecule has 0 fully saturated rings. The highest BCUT2D eigenvalue weighted by atomic mass is 16.6. The van der Waals surface area contributed by atoms with Crippen molar-refractivity contribution < 1.29 is 23.7 Å². The zero-order valence-corrected chi connectivity index (χ0v) is 13.0. The molecule has 0 aliphatic heterocycles. The van der Waals surface area contributed by atoms with Crippen LogP contribution in [0.4, 0.5) is 0 Å². The summed E-state index contributed by atoms with van der Waals surface area (Å²) in [6, 6.07) is 7.36.